The van der Waals surface area contributed by atoms with E-state index in [0.29, 0.717) is 5.95 Å². The molecule has 0 bridgehead atoms. The first-order valence-corrected chi connectivity index (χ1v) is 7.56. The van der Waals surface area contributed by atoms with E-state index in [4.69, 9.17) is 0 Å². The molecule has 3 rings (SSSR count). The van der Waals surface area contributed by atoms with Gasteiger partial charge in [0.2, 0.25) is 11.9 Å². The van der Waals surface area contributed by atoms with Gasteiger partial charge in [0.15, 0.2) is 5.65 Å². The Kier molecular flexibility index (Phi) is 3.86. The van der Waals surface area contributed by atoms with Crippen LogP contribution in [0.1, 0.15) is 19.3 Å². The van der Waals surface area contributed by atoms with E-state index < -0.39 is 0 Å². The highest BCUT2D eigenvalue weighted by molar-refractivity contribution is 9.10. The SMILES string of the molecule is O=C(CNc1nc2c(Br)cccn2n1)N1CCCCC1. The smallest absolute Gasteiger partial charge is 0.243 e. The van der Waals surface area contributed by atoms with Gasteiger partial charge in [-0.1, -0.05) is 0 Å². The predicted octanol–water partition coefficient (Wildman–Crippen LogP) is 1.92. The lowest BCUT2D eigenvalue weighted by molar-refractivity contribution is -0.130. The molecule has 0 spiro atoms. The summed E-state index contributed by atoms with van der Waals surface area (Å²) in [6.07, 6.45) is 5.25. The minimum Gasteiger partial charge on any atom is -0.344 e. The number of hydrogen-bond donors (Lipinski definition) is 1. The molecular weight excluding hydrogens is 322 g/mol. The molecule has 6 nitrogen and oxygen atoms in total. The number of carbonyl (C=O) groups excluding carboxylic acids is 1. The van der Waals surface area contributed by atoms with Crippen LogP contribution in [-0.4, -0.2) is 45.0 Å². The van der Waals surface area contributed by atoms with Crippen molar-refractivity contribution in [2.75, 3.05) is 25.0 Å². The molecule has 0 aliphatic carbocycles. The van der Waals surface area contributed by atoms with E-state index in [2.05, 4.69) is 31.3 Å². The van der Waals surface area contributed by atoms with E-state index in [1.54, 1.807) is 4.52 Å². The van der Waals surface area contributed by atoms with Gasteiger partial charge in [0, 0.05) is 19.3 Å². The van der Waals surface area contributed by atoms with Crippen molar-refractivity contribution in [3.63, 3.8) is 0 Å². The van der Waals surface area contributed by atoms with Crippen LogP contribution in [-0.2, 0) is 4.79 Å². The third-order valence-electron chi connectivity index (χ3n) is 3.42. The van der Waals surface area contributed by atoms with Crippen molar-refractivity contribution < 1.29 is 4.79 Å². The van der Waals surface area contributed by atoms with Gasteiger partial charge >= 0.3 is 0 Å². The summed E-state index contributed by atoms with van der Waals surface area (Å²) in [4.78, 5) is 18.3. The zero-order chi connectivity index (χ0) is 13.9. The van der Waals surface area contributed by atoms with Gasteiger partial charge in [0.05, 0.1) is 11.0 Å². The largest absolute Gasteiger partial charge is 0.344 e. The second-order valence-electron chi connectivity index (χ2n) is 4.85. The molecule has 0 atom stereocenters. The monoisotopic (exact) mass is 337 g/mol. The van der Waals surface area contributed by atoms with Gasteiger partial charge in [-0.05, 0) is 47.3 Å². The number of nitrogens with zero attached hydrogens (tertiary/aromatic N) is 4. The maximum atomic E-state index is 12.0. The third-order valence-corrected chi connectivity index (χ3v) is 4.04. The first-order chi connectivity index (χ1) is 9.74. The van der Waals surface area contributed by atoms with Crippen LogP contribution in [0.2, 0.25) is 0 Å². The summed E-state index contributed by atoms with van der Waals surface area (Å²) in [5.74, 6) is 0.588. The molecule has 0 aromatic carbocycles. The fraction of sp³-hybridized carbons (Fsp3) is 0.462. The standard InChI is InChI=1S/C13H16BrN5O/c14-10-5-4-8-19-12(10)16-13(17-19)15-9-11(20)18-6-2-1-3-7-18/h4-5,8H,1-3,6-7,9H2,(H,15,17). The Morgan fingerprint density at radius 2 is 2.15 bits per heavy atom. The van der Waals surface area contributed by atoms with Crippen LogP contribution in [0.3, 0.4) is 0 Å². The topological polar surface area (TPSA) is 62.5 Å². The van der Waals surface area contributed by atoms with Crippen molar-refractivity contribution in [1.82, 2.24) is 19.5 Å². The number of piperidine rings is 1. The van der Waals surface area contributed by atoms with Crippen LogP contribution in [0.4, 0.5) is 5.95 Å². The summed E-state index contributed by atoms with van der Waals surface area (Å²) in [5, 5.41) is 7.29. The predicted molar refractivity (Wildman–Crippen MR) is 79.6 cm³/mol. The first kappa shape index (κ1) is 13.4. The van der Waals surface area contributed by atoms with Crippen molar-refractivity contribution in [3.05, 3.63) is 22.8 Å². The number of pyridine rings is 1. The summed E-state index contributed by atoms with van der Waals surface area (Å²) < 4.78 is 2.56. The average molecular weight is 338 g/mol. The Balaban J connectivity index is 1.64. The first-order valence-electron chi connectivity index (χ1n) is 6.76. The van der Waals surface area contributed by atoms with Crippen LogP contribution < -0.4 is 5.32 Å². The Morgan fingerprint density at radius 3 is 2.90 bits per heavy atom. The van der Waals surface area contributed by atoms with Crippen LogP contribution in [0.25, 0.3) is 5.65 Å². The number of carbonyl (C=O) groups is 1. The molecule has 7 heteroatoms. The second-order valence-corrected chi connectivity index (χ2v) is 5.71. The van der Waals surface area contributed by atoms with E-state index in [-0.39, 0.29) is 12.5 Å². The van der Waals surface area contributed by atoms with E-state index in [1.165, 1.54) is 6.42 Å². The molecule has 1 fully saturated rings. The summed E-state index contributed by atoms with van der Waals surface area (Å²) >= 11 is 3.43. The molecule has 1 aliphatic heterocycles. The van der Waals surface area contributed by atoms with Crippen molar-refractivity contribution >= 4 is 33.4 Å². The van der Waals surface area contributed by atoms with Gasteiger partial charge in [-0.25, -0.2) is 4.52 Å². The van der Waals surface area contributed by atoms with Crippen LogP contribution >= 0.6 is 15.9 Å². The number of amides is 1. The normalized spacial score (nSPS) is 15.6. The molecule has 1 saturated heterocycles. The van der Waals surface area contributed by atoms with Gasteiger partial charge in [-0.3, -0.25) is 4.79 Å². The van der Waals surface area contributed by atoms with Gasteiger partial charge in [-0.15, -0.1) is 5.10 Å². The molecule has 1 aliphatic rings. The number of hydrogen-bond acceptors (Lipinski definition) is 4. The van der Waals surface area contributed by atoms with E-state index in [0.717, 1.165) is 36.1 Å². The number of aromatic nitrogens is 3. The second kappa shape index (κ2) is 5.78. The highest BCUT2D eigenvalue weighted by Crippen LogP contribution is 2.16. The molecule has 106 valence electrons. The van der Waals surface area contributed by atoms with Crippen LogP contribution in [0, 0.1) is 0 Å². The van der Waals surface area contributed by atoms with Gasteiger partial charge in [-0.2, -0.15) is 4.98 Å². The average Bonchev–Trinajstić information content (AvgIpc) is 2.90. The minimum absolute atomic E-state index is 0.114. The zero-order valence-electron chi connectivity index (χ0n) is 11.0. The van der Waals surface area contributed by atoms with Crippen molar-refractivity contribution in [2.45, 2.75) is 19.3 Å². The van der Waals surface area contributed by atoms with E-state index in [9.17, 15) is 4.79 Å². The number of likely N-dealkylation sites (tertiary alicyclic amines) is 1. The summed E-state index contributed by atoms with van der Waals surface area (Å²) in [6, 6.07) is 3.79. The summed E-state index contributed by atoms with van der Waals surface area (Å²) in [6.45, 7) is 1.98. The number of anilines is 1. The number of halogens is 1. The Labute approximate surface area is 125 Å². The number of fused-ring (bicyclic) bond motifs is 1. The lowest BCUT2D eigenvalue weighted by atomic mass is 10.1. The van der Waals surface area contributed by atoms with Crippen LogP contribution in [0.15, 0.2) is 22.8 Å². The van der Waals surface area contributed by atoms with E-state index in [1.807, 2.05) is 23.2 Å². The molecule has 3 heterocycles. The molecule has 0 unspecified atom stereocenters. The zero-order valence-corrected chi connectivity index (χ0v) is 12.6. The van der Waals surface area contributed by atoms with Crippen molar-refractivity contribution in [3.8, 4) is 0 Å². The lowest BCUT2D eigenvalue weighted by Crippen LogP contribution is -2.39. The van der Waals surface area contributed by atoms with Crippen molar-refractivity contribution in [1.29, 1.82) is 0 Å². The lowest BCUT2D eigenvalue weighted by Gasteiger charge is -2.26. The fourth-order valence-corrected chi connectivity index (χ4v) is 2.78. The fourth-order valence-electron chi connectivity index (χ4n) is 2.36. The minimum atomic E-state index is 0.114. The maximum absolute atomic E-state index is 12.0. The summed E-state index contributed by atoms with van der Waals surface area (Å²) in [7, 11) is 0. The third kappa shape index (κ3) is 2.77. The quantitative estimate of drug-likeness (QED) is 0.929. The van der Waals surface area contributed by atoms with Gasteiger partial charge in [0.25, 0.3) is 0 Å². The van der Waals surface area contributed by atoms with E-state index >= 15 is 0 Å². The summed E-state index contributed by atoms with van der Waals surface area (Å²) in [5.41, 5.74) is 0.737. The molecule has 2 aromatic rings. The molecule has 1 N–H and O–H groups in total. The van der Waals surface area contributed by atoms with Gasteiger partial charge < -0.3 is 10.2 Å². The Morgan fingerprint density at radius 1 is 1.35 bits per heavy atom. The van der Waals surface area contributed by atoms with Gasteiger partial charge in [0.1, 0.15) is 0 Å². The molecule has 2 aromatic heterocycles. The number of rotatable bonds is 3. The molecule has 0 saturated carbocycles. The Bertz CT molecular complexity index is 620. The molecular formula is C13H16BrN5O. The highest BCUT2D eigenvalue weighted by atomic mass is 79.9. The number of nitrogens with one attached hydrogen (secondary N) is 1. The maximum Gasteiger partial charge on any atom is 0.243 e. The van der Waals surface area contributed by atoms with Crippen molar-refractivity contribution in [2.24, 2.45) is 0 Å². The Hall–Kier alpha value is -1.63. The molecule has 20 heavy (non-hydrogen) atoms. The van der Waals surface area contributed by atoms with Crippen LogP contribution in [0.5, 0.6) is 0 Å². The molecule has 1 amide bonds. The highest BCUT2D eigenvalue weighted by Gasteiger charge is 2.16. The molecule has 0 radical (unpaired) electrons.